The summed E-state index contributed by atoms with van der Waals surface area (Å²) in [4.78, 5) is 17.2. The average Bonchev–Trinajstić information content (AvgIpc) is 2.87. The Morgan fingerprint density at radius 2 is 2.28 bits per heavy atom. The van der Waals surface area contributed by atoms with Crippen LogP contribution in [0.4, 0.5) is 0 Å². The highest BCUT2D eigenvalue weighted by molar-refractivity contribution is 7.07. The minimum atomic E-state index is 0. The number of carbonyl (C=O) groups is 1. The SMILES string of the molecule is Cl.Cn1ccsc1=NC(=O)C1CC12CCNCC2. The zero-order valence-corrected chi connectivity index (χ0v) is 12.0. The molecular weight excluding hydrogens is 270 g/mol. The van der Waals surface area contributed by atoms with Crippen molar-refractivity contribution in [2.24, 2.45) is 23.4 Å². The second-order valence-corrected chi connectivity index (χ2v) is 5.99. The van der Waals surface area contributed by atoms with E-state index in [1.54, 1.807) is 0 Å². The fourth-order valence-electron chi connectivity index (χ4n) is 2.78. The molecule has 1 spiro atoms. The van der Waals surface area contributed by atoms with Gasteiger partial charge in [-0.2, -0.15) is 4.99 Å². The van der Waals surface area contributed by atoms with Gasteiger partial charge in [0.25, 0.3) is 5.91 Å². The Morgan fingerprint density at radius 3 is 2.89 bits per heavy atom. The lowest BCUT2D eigenvalue weighted by Gasteiger charge is -2.22. The number of carbonyl (C=O) groups excluding carboxylic acids is 1. The predicted molar refractivity (Wildman–Crippen MR) is 73.8 cm³/mol. The van der Waals surface area contributed by atoms with E-state index in [1.807, 2.05) is 23.2 Å². The molecule has 1 N–H and O–H groups in total. The fourth-order valence-corrected chi connectivity index (χ4v) is 3.52. The van der Waals surface area contributed by atoms with Crippen molar-refractivity contribution in [1.29, 1.82) is 0 Å². The summed E-state index contributed by atoms with van der Waals surface area (Å²) in [6, 6.07) is 0. The van der Waals surface area contributed by atoms with Crippen molar-refractivity contribution in [3.63, 3.8) is 0 Å². The first kappa shape index (κ1) is 13.8. The standard InChI is InChI=1S/C12H17N3OS.ClH/c1-15-6-7-17-11(15)14-10(16)9-8-12(9)2-4-13-5-3-12;/h6-7,9,13H,2-5,8H2,1H3;1H. The minimum Gasteiger partial charge on any atom is -0.327 e. The van der Waals surface area contributed by atoms with Crippen LogP contribution in [0.3, 0.4) is 0 Å². The molecule has 1 unspecified atom stereocenters. The van der Waals surface area contributed by atoms with Crippen LogP contribution in [0.25, 0.3) is 0 Å². The molecule has 2 aliphatic rings. The van der Waals surface area contributed by atoms with Gasteiger partial charge in [-0.15, -0.1) is 23.7 Å². The molecule has 3 rings (SSSR count). The topological polar surface area (TPSA) is 46.4 Å². The Balaban J connectivity index is 0.00000120. The van der Waals surface area contributed by atoms with E-state index in [1.165, 1.54) is 11.3 Å². The van der Waals surface area contributed by atoms with Crippen LogP contribution in [0.2, 0.25) is 0 Å². The third-order valence-electron chi connectivity index (χ3n) is 4.05. The molecule has 1 amide bonds. The van der Waals surface area contributed by atoms with E-state index in [9.17, 15) is 4.79 Å². The number of rotatable bonds is 1. The Bertz CT molecular complexity index is 501. The summed E-state index contributed by atoms with van der Waals surface area (Å²) in [5.41, 5.74) is 0.293. The Hall–Kier alpha value is -0.650. The van der Waals surface area contributed by atoms with E-state index in [0.717, 1.165) is 37.2 Å². The molecule has 6 heteroatoms. The third-order valence-corrected chi connectivity index (χ3v) is 4.90. The first-order chi connectivity index (χ1) is 8.21. The molecule has 1 saturated carbocycles. The van der Waals surface area contributed by atoms with Gasteiger partial charge in [-0.25, -0.2) is 0 Å². The number of piperidine rings is 1. The van der Waals surface area contributed by atoms with Crippen LogP contribution in [0.5, 0.6) is 0 Å². The van der Waals surface area contributed by atoms with Crippen molar-refractivity contribution in [1.82, 2.24) is 9.88 Å². The third kappa shape index (κ3) is 2.39. The molecule has 2 heterocycles. The molecule has 4 nitrogen and oxygen atoms in total. The number of aromatic nitrogens is 1. The largest absolute Gasteiger partial charge is 0.327 e. The lowest BCUT2D eigenvalue weighted by Crippen LogP contribution is -2.30. The second kappa shape index (κ2) is 5.15. The molecule has 2 fully saturated rings. The zero-order valence-electron chi connectivity index (χ0n) is 10.4. The molecule has 1 aliphatic heterocycles. The lowest BCUT2D eigenvalue weighted by atomic mass is 9.92. The number of hydrogen-bond acceptors (Lipinski definition) is 3. The summed E-state index contributed by atoms with van der Waals surface area (Å²) in [6.45, 7) is 2.10. The molecule has 1 aromatic rings. The highest BCUT2D eigenvalue weighted by Crippen LogP contribution is 2.58. The van der Waals surface area contributed by atoms with Gasteiger partial charge >= 0.3 is 0 Å². The summed E-state index contributed by atoms with van der Waals surface area (Å²) in [6.07, 6.45) is 5.25. The van der Waals surface area contributed by atoms with E-state index in [4.69, 9.17) is 0 Å². The van der Waals surface area contributed by atoms with Crippen LogP contribution in [-0.4, -0.2) is 23.6 Å². The maximum atomic E-state index is 12.1. The molecule has 0 aromatic carbocycles. The molecule has 18 heavy (non-hydrogen) atoms. The van der Waals surface area contributed by atoms with E-state index >= 15 is 0 Å². The van der Waals surface area contributed by atoms with Crippen LogP contribution >= 0.6 is 23.7 Å². The number of thiazole rings is 1. The average molecular weight is 288 g/mol. The van der Waals surface area contributed by atoms with Crippen molar-refractivity contribution in [3.05, 3.63) is 16.4 Å². The molecule has 100 valence electrons. The maximum Gasteiger partial charge on any atom is 0.252 e. The number of hydrogen-bond donors (Lipinski definition) is 1. The van der Waals surface area contributed by atoms with Crippen molar-refractivity contribution in [2.45, 2.75) is 19.3 Å². The Morgan fingerprint density at radius 1 is 1.56 bits per heavy atom. The molecular formula is C12H18ClN3OS. The van der Waals surface area contributed by atoms with Crippen molar-refractivity contribution in [3.8, 4) is 0 Å². The van der Waals surface area contributed by atoms with Crippen LogP contribution in [0.15, 0.2) is 16.6 Å². The van der Waals surface area contributed by atoms with Gasteiger partial charge in [0, 0.05) is 24.5 Å². The monoisotopic (exact) mass is 287 g/mol. The van der Waals surface area contributed by atoms with Crippen LogP contribution in [0, 0.1) is 11.3 Å². The highest BCUT2D eigenvalue weighted by Gasteiger charge is 2.57. The number of amides is 1. The molecule has 0 radical (unpaired) electrons. The minimum absolute atomic E-state index is 0. The van der Waals surface area contributed by atoms with E-state index in [-0.39, 0.29) is 24.2 Å². The lowest BCUT2D eigenvalue weighted by molar-refractivity contribution is -0.120. The van der Waals surface area contributed by atoms with Gasteiger partial charge in [-0.05, 0) is 37.8 Å². The number of halogens is 1. The van der Waals surface area contributed by atoms with Gasteiger partial charge in [-0.3, -0.25) is 4.79 Å². The second-order valence-electron chi connectivity index (χ2n) is 5.12. The number of aryl methyl sites for hydroxylation is 1. The van der Waals surface area contributed by atoms with Crippen molar-refractivity contribution < 1.29 is 4.79 Å². The molecule has 1 saturated heterocycles. The number of nitrogens with zero attached hydrogens (tertiary/aromatic N) is 2. The fraction of sp³-hybridized carbons (Fsp3) is 0.667. The summed E-state index contributed by atoms with van der Waals surface area (Å²) >= 11 is 1.52. The van der Waals surface area contributed by atoms with Crippen LogP contribution in [-0.2, 0) is 11.8 Å². The number of nitrogens with one attached hydrogen (secondary N) is 1. The van der Waals surface area contributed by atoms with Crippen LogP contribution in [0.1, 0.15) is 19.3 Å². The first-order valence-corrected chi connectivity index (χ1v) is 6.99. The summed E-state index contributed by atoms with van der Waals surface area (Å²) < 4.78 is 1.90. The van der Waals surface area contributed by atoms with E-state index < -0.39 is 0 Å². The Kier molecular flexibility index (Phi) is 3.94. The quantitative estimate of drug-likeness (QED) is 0.847. The molecule has 1 aliphatic carbocycles. The summed E-state index contributed by atoms with van der Waals surface area (Å²) in [5.74, 6) is 0.275. The normalized spacial score (nSPS) is 25.8. The van der Waals surface area contributed by atoms with Gasteiger partial charge in [0.1, 0.15) is 0 Å². The van der Waals surface area contributed by atoms with Crippen molar-refractivity contribution >= 4 is 29.7 Å². The molecule has 0 bridgehead atoms. The predicted octanol–water partition coefficient (Wildman–Crippen LogP) is 1.33. The van der Waals surface area contributed by atoms with Gasteiger partial charge in [0.2, 0.25) is 0 Å². The van der Waals surface area contributed by atoms with Crippen LogP contribution < -0.4 is 10.1 Å². The van der Waals surface area contributed by atoms with Crippen molar-refractivity contribution in [2.75, 3.05) is 13.1 Å². The highest BCUT2D eigenvalue weighted by atomic mass is 35.5. The maximum absolute atomic E-state index is 12.1. The summed E-state index contributed by atoms with van der Waals surface area (Å²) in [5, 5.41) is 5.31. The first-order valence-electron chi connectivity index (χ1n) is 6.11. The zero-order chi connectivity index (χ0) is 11.9. The van der Waals surface area contributed by atoms with Gasteiger partial charge < -0.3 is 9.88 Å². The molecule has 1 aromatic heterocycles. The smallest absolute Gasteiger partial charge is 0.252 e. The van der Waals surface area contributed by atoms with E-state index in [2.05, 4.69) is 10.3 Å². The van der Waals surface area contributed by atoms with Gasteiger partial charge in [0.15, 0.2) is 4.80 Å². The summed E-state index contributed by atoms with van der Waals surface area (Å²) in [7, 11) is 1.93. The van der Waals surface area contributed by atoms with E-state index in [0.29, 0.717) is 5.41 Å². The van der Waals surface area contributed by atoms with Gasteiger partial charge in [-0.1, -0.05) is 0 Å². The van der Waals surface area contributed by atoms with Gasteiger partial charge in [0.05, 0.1) is 0 Å². The Labute approximate surface area is 117 Å². The molecule has 1 atom stereocenters.